The number of rotatable bonds is 6. The molecule has 23 heavy (non-hydrogen) atoms. The fourth-order valence-electron chi connectivity index (χ4n) is 2.08. The number of hydrogen-bond acceptors (Lipinski definition) is 5. The molecule has 0 aliphatic rings. The number of amides is 1. The molecular weight excluding hydrogens is 344 g/mol. The van der Waals surface area contributed by atoms with Crippen molar-refractivity contribution in [3.63, 3.8) is 0 Å². The normalized spacial score (nSPS) is 10.7. The highest BCUT2D eigenvalue weighted by Crippen LogP contribution is 2.28. The zero-order valence-corrected chi connectivity index (χ0v) is 15.1. The van der Waals surface area contributed by atoms with Crippen LogP contribution in [0, 0.1) is 6.92 Å². The largest absolute Gasteiger partial charge is 0.346 e. The molecule has 0 saturated heterocycles. The van der Waals surface area contributed by atoms with Crippen molar-refractivity contribution in [1.82, 2.24) is 10.3 Å². The van der Waals surface area contributed by atoms with Gasteiger partial charge < -0.3 is 5.32 Å². The fourth-order valence-corrected chi connectivity index (χ4v) is 4.51. The molecule has 6 heteroatoms. The molecule has 0 atom stereocenters. The fraction of sp³-hybridized carbons (Fsp3) is 0.176. The van der Waals surface area contributed by atoms with Crippen LogP contribution in [0.15, 0.2) is 52.1 Å². The average molecular weight is 361 g/mol. The van der Waals surface area contributed by atoms with Crippen LogP contribution >= 0.6 is 34.4 Å². The van der Waals surface area contributed by atoms with E-state index in [1.165, 1.54) is 4.88 Å². The minimum atomic E-state index is -0.0510. The molecule has 0 fully saturated rings. The predicted octanol–water partition coefficient (Wildman–Crippen LogP) is 4.74. The van der Waals surface area contributed by atoms with E-state index in [1.54, 1.807) is 34.4 Å². The third kappa shape index (κ3) is 4.43. The molecule has 2 aromatic heterocycles. The summed E-state index contributed by atoms with van der Waals surface area (Å²) < 4.78 is 0. The van der Waals surface area contributed by atoms with E-state index < -0.39 is 0 Å². The van der Waals surface area contributed by atoms with Crippen molar-refractivity contribution < 1.29 is 4.79 Å². The summed E-state index contributed by atoms with van der Waals surface area (Å²) in [6, 6.07) is 11.9. The van der Waals surface area contributed by atoms with E-state index in [9.17, 15) is 4.79 Å². The first-order valence-corrected chi connectivity index (χ1v) is 9.90. The third-order valence-corrected chi connectivity index (χ3v) is 6.18. The number of hydrogen-bond donors (Lipinski definition) is 1. The van der Waals surface area contributed by atoms with Crippen LogP contribution in [0.3, 0.4) is 0 Å². The Labute approximate surface area is 147 Å². The van der Waals surface area contributed by atoms with Crippen LogP contribution in [0.25, 0.3) is 0 Å². The maximum absolute atomic E-state index is 12.5. The number of carbonyl (C=O) groups excluding carboxylic acids is 1. The maximum Gasteiger partial charge on any atom is 0.252 e. The second-order valence-electron chi connectivity index (χ2n) is 4.90. The highest BCUT2D eigenvalue weighted by molar-refractivity contribution is 7.98. The Balaban J connectivity index is 1.65. The van der Waals surface area contributed by atoms with Crippen molar-refractivity contribution in [2.75, 3.05) is 0 Å². The second kappa shape index (κ2) is 7.77. The highest BCUT2D eigenvalue weighted by Gasteiger charge is 2.12. The molecule has 0 aliphatic carbocycles. The van der Waals surface area contributed by atoms with Crippen LogP contribution in [0.1, 0.15) is 25.9 Å². The van der Waals surface area contributed by atoms with Gasteiger partial charge in [-0.05, 0) is 30.5 Å². The molecule has 0 bridgehead atoms. The Kier molecular flexibility index (Phi) is 5.48. The molecule has 2 heterocycles. The minimum absolute atomic E-state index is 0.0510. The Morgan fingerprint density at radius 2 is 2.09 bits per heavy atom. The van der Waals surface area contributed by atoms with Crippen LogP contribution < -0.4 is 5.32 Å². The van der Waals surface area contributed by atoms with Crippen molar-refractivity contribution >= 4 is 40.3 Å². The first kappa shape index (κ1) is 16.2. The van der Waals surface area contributed by atoms with E-state index in [2.05, 4.69) is 27.8 Å². The van der Waals surface area contributed by atoms with Gasteiger partial charge in [0.25, 0.3) is 5.91 Å². The van der Waals surface area contributed by atoms with Crippen molar-refractivity contribution in [1.29, 1.82) is 0 Å². The number of nitrogens with zero attached hydrogens (tertiary/aromatic N) is 1. The molecule has 1 aromatic carbocycles. The molecule has 0 saturated carbocycles. The Hall–Kier alpha value is -1.63. The lowest BCUT2D eigenvalue weighted by molar-refractivity contribution is 0.0947. The van der Waals surface area contributed by atoms with E-state index in [-0.39, 0.29) is 5.91 Å². The Bertz CT molecular complexity index is 781. The van der Waals surface area contributed by atoms with Crippen LogP contribution in [-0.2, 0) is 12.3 Å². The van der Waals surface area contributed by atoms with Gasteiger partial charge in [-0.1, -0.05) is 18.2 Å². The molecule has 0 radical (unpaired) electrons. The molecule has 3 nitrogen and oxygen atoms in total. The van der Waals surface area contributed by atoms with Gasteiger partial charge in [0.2, 0.25) is 0 Å². The number of carbonyl (C=O) groups is 1. The van der Waals surface area contributed by atoms with E-state index in [0.29, 0.717) is 6.54 Å². The molecule has 1 N–H and O–H groups in total. The summed E-state index contributed by atoms with van der Waals surface area (Å²) >= 11 is 5.03. The lowest BCUT2D eigenvalue weighted by Gasteiger charge is -2.09. The summed E-state index contributed by atoms with van der Waals surface area (Å²) in [6.45, 7) is 2.43. The zero-order valence-electron chi connectivity index (χ0n) is 12.6. The van der Waals surface area contributed by atoms with Crippen LogP contribution in [0.4, 0.5) is 0 Å². The molecule has 0 spiro atoms. The lowest BCUT2D eigenvalue weighted by atomic mass is 10.2. The molecule has 118 valence electrons. The Morgan fingerprint density at radius 3 is 2.83 bits per heavy atom. The maximum atomic E-state index is 12.5. The van der Waals surface area contributed by atoms with E-state index in [4.69, 9.17) is 0 Å². The molecule has 3 aromatic rings. The first-order valence-electron chi connectivity index (χ1n) is 7.16. The molecule has 0 aliphatic heterocycles. The molecule has 3 rings (SSSR count). The number of thioether (sulfide) groups is 1. The molecule has 1 amide bonds. The summed E-state index contributed by atoms with van der Waals surface area (Å²) in [5.74, 6) is 0.831. The number of nitrogens with one attached hydrogen (secondary N) is 1. The third-order valence-electron chi connectivity index (χ3n) is 3.18. The van der Waals surface area contributed by atoms with Crippen molar-refractivity contribution in [2.24, 2.45) is 0 Å². The smallest absolute Gasteiger partial charge is 0.252 e. The van der Waals surface area contributed by atoms with Crippen molar-refractivity contribution in [3.05, 3.63) is 68.3 Å². The van der Waals surface area contributed by atoms with Gasteiger partial charge in [0.1, 0.15) is 0 Å². The van der Waals surface area contributed by atoms with Crippen LogP contribution in [0.2, 0.25) is 0 Å². The second-order valence-corrected chi connectivity index (χ2v) is 8.02. The van der Waals surface area contributed by atoms with Gasteiger partial charge in [-0.2, -0.15) is 0 Å². The van der Waals surface area contributed by atoms with E-state index in [1.807, 2.05) is 36.6 Å². The lowest BCUT2D eigenvalue weighted by Crippen LogP contribution is -2.23. The molecular formula is C17H16N2OS3. The Morgan fingerprint density at radius 1 is 1.22 bits per heavy atom. The van der Waals surface area contributed by atoms with Gasteiger partial charge in [-0.15, -0.1) is 34.4 Å². The van der Waals surface area contributed by atoms with Crippen molar-refractivity contribution in [2.45, 2.75) is 24.1 Å². The van der Waals surface area contributed by atoms with Gasteiger partial charge >= 0.3 is 0 Å². The average Bonchev–Trinajstić information content (AvgIpc) is 3.22. The van der Waals surface area contributed by atoms with E-state index in [0.717, 1.165) is 26.9 Å². The van der Waals surface area contributed by atoms with Gasteiger partial charge in [0.05, 0.1) is 22.8 Å². The van der Waals surface area contributed by atoms with Gasteiger partial charge in [-0.25, -0.2) is 4.98 Å². The summed E-state index contributed by atoms with van der Waals surface area (Å²) in [4.78, 5) is 19.1. The summed E-state index contributed by atoms with van der Waals surface area (Å²) in [7, 11) is 0. The predicted molar refractivity (Wildman–Crippen MR) is 98.3 cm³/mol. The van der Waals surface area contributed by atoms with Gasteiger partial charge in [-0.3, -0.25) is 4.79 Å². The minimum Gasteiger partial charge on any atom is -0.346 e. The summed E-state index contributed by atoms with van der Waals surface area (Å²) in [6.07, 6.45) is 0. The zero-order chi connectivity index (χ0) is 16.1. The van der Waals surface area contributed by atoms with Crippen LogP contribution in [0.5, 0.6) is 0 Å². The monoisotopic (exact) mass is 360 g/mol. The first-order chi connectivity index (χ1) is 11.2. The number of aromatic nitrogens is 1. The van der Waals surface area contributed by atoms with Crippen LogP contribution in [-0.4, -0.2) is 10.9 Å². The van der Waals surface area contributed by atoms with Crippen molar-refractivity contribution in [3.8, 4) is 0 Å². The number of benzene rings is 1. The van der Waals surface area contributed by atoms with Gasteiger partial charge in [0.15, 0.2) is 0 Å². The number of thiophene rings is 1. The quantitative estimate of drug-likeness (QED) is 0.646. The summed E-state index contributed by atoms with van der Waals surface area (Å²) in [5.41, 5.74) is 1.63. The topological polar surface area (TPSA) is 42.0 Å². The number of thiazole rings is 1. The highest BCUT2D eigenvalue weighted by atomic mass is 32.2. The summed E-state index contributed by atoms with van der Waals surface area (Å²) in [5, 5.41) is 8.02. The van der Waals surface area contributed by atoms with Gasteiger partial charge in [0, 0.05) is 20.9 Å². The number of aryl methyl sites for hydroxylation is 1. The standard InChI is InChI=1S/C17H16N2OS3/c1-12-19-13(10-22-12)9-18-17(20)15-6-2-3-7-16(15)23-11-14-5-4-8-21-14/h2-8,10H,9,11H2,1H3,(H,18,20). The molecule has 0 unspecified atom stereocenters. The van der Waals surface area contributed by atoms with E-state index >= 15 is 0 Å². The SMILES string of the molecule is Cc1nc(CNC(=O)c2ccccc2SCc2cccs2)cs1.